The molecule has 4 nitrogen and oxygen atoms in total. The number of ether oxygens (including phenoxy) is 1. The second-order valence-electron chi connectivity index (χ2n) is 5.56. The number of benzene rings is 2. The van der Waals surface area contributed by atoms with E-state index in [0.29, 0.717) is 10.7 Å². The Bertz CT molecular complexity index is 686. The fraction of sp³-hybridized carbons (Fsp3) is 0.278. The van der Waals surface area contributed by atoms with Crippen LogP contribution in [0.2, 0.25) is 5.02 Å². The van der Waals surface area contributed by atoms with E-state index >= 15 is 0 Å². The first-order valence-corrected chi connectivity index (χ1v) is 7.88. The van der Waals surface area contributed by atoms with Crippen LogP contribution in [0.25, 0.3) is 0 Å². The standard InChI is InChI=1S/C18H21ClN2O2/c1-12(2)23-16-6-4-5-15(10-16)21-18(22)11-20-17-9-14(19)8-7-13(17)3/h4-10,12,20H,11H2,1-3H3,(H,21,22). The summed E-state index contributed by atoms with van der Waals surface area (Å²) < 4.78 is 5.61. The van der Waals surface area contributed by atoms with E-state index in [-0.39, 0.29) is 18.6 Å². The SMILES string of the molecule is Cc1ccc(Cl)cc1NCC(=O)Nc1cccc(OC(C)C)c1. The summed E-state index contributed by atoms with van der Waals surface area (Å²) in [4.78, 5) is 12.1. The summed E-state index contributed by atoms with van der Waals surface area (Å²) in [6, 6.07) is 12.9. The zero-order valence-electron chi connectivity index (χ0n) is 13.5. The quantitative estimate of drug-likeness (QED) is 0.819. The molecule has 122 valence electrons. The fourth-order valence-electron chi connectivity index (χ4n) is 2.08. The number of anilines is 2. The van der Waals surface area contributed by atoms with Gasteiger partial charge in [-0.1, -0.05) is 23.7 Å². The van der Waals surface area contributed by atoms with Gasteiger partial charge in [0.15, 0.2) is 0 Å². The maximum atomic E-state index is 12.1. The van der Waals surface area contributed by atoms with Gasteiger partial charge in [-0.15, -0.1) is 0 Å². The number of aryl methyl sites for hydroxylation is 1. The molecule has 2 rings (SSSR count). The first-order chi connectivity index (χ1) is 10.9. The van der Waals surface area contributed by atoms with E-state index in [1.165, 1.54) is 0 Å². The molecule has 0 aliphatic rings. The molecule has 0 radical (unpaired) electrons. The van der Waals surface area contributed by atoms with Crippen molar-refractivity contribution in [1.29, 1.82) is 0 Å². The highest BCUT2D eigenvalue weighted by atomic mass is 35.5. The normalized spacial score (nSPS) is 10.5. The van der Waals surface area contributed by atoms with Gasteiger partial charge < -0.3 is 15.4 Å². The molecule has 0 spiro atoms. The third kappa shape index (κ3) is 5.49. The molecule has 0 saturated carbocycles. The third-order valence-electron chi connectivity index (χ3n) is 3.13. The minimum atomic E-state index is -0.133. The highest BCUT2D eigenvalue weighted by molar-refractivity contribution is 6.30. The zero-order valence-corrected chi connectivity index (χ0v) is 14.3. The molecule has 2 aromatic carbocycles. The van der Waals surface area contributed by atoms with Crippen LogP contribution in [0, 0.1) is 6.92 Å². The Morgan fingerprint density at radius 2 is 2.00 bits per heavy atom. The summed E-state index contributed by atoms with van der Waals surface area (Å²) in [5.41, 5.74) is 2.59. The number of hydrogen-bond acceptors (Lipinski definition) is 3. The van der Waals surface area contributed by atoms with E-state index in [2.05, 4.69) is 10.6 Å². The number of carbonyl (C=O) groups is 1. The van der Waals surface area contributed by atoms with E-state index in [4.69, 9.17) is 16.3 Å². The Morgan fingerprint density at radius 3 is 2.74 bits per heavy atom. The molecular formula is C18H21ClN2O2. The van der Waals surface area contributed by atoms with E-state index < -0.39 is 0 Å². The summed E-state index contributed by atoms with van der Waals surface area (Å²) >= 11 is 5.97. The molecule has 5 heteroatoms. The van der Waals surface area contributed by atoms with Crippen molar-refractivity contribution in [3.05, 3.63) is 53.1 Å². The molecule has 0 aliphatic heterocycles. The topological polar surface area (TPSA) is 50.4 Å². The highest BCUT2D eigenvalue weighted by Crippen LogP contribution is 2.20. The molecule has 0 heterocycles. The van der Waals surface area contributed by atoms with E-state index in [1.54, 1.807) is 6.07 Å². The first-order valence-electron chi connectivity index (χ1n) is 7.50. The van der Waals surface area contributed by atoms with Crippen molar-refractivity contribution in [2.75, 3.05) is 17.2 Å². The van der Waals surface area contributed by atoms with Crippen molar-refractivity contribution in [3.8, 4) is 5.75 Å². The van der Waals surface area contributed by atoms with Gasteiger partial charge in [-0.2, -0.15) is 0 Å². The molecule has 23 heavy (non-hydrogen) atoms. The Balaban J connectivity index is 1.93. The summed E-state index contributed by atoms with van der Waals surface area (Å²) in [7, 11) is 0. The van der Waals surface area contributed by atoms with Crippen molar-refractivity contribution in [3.63, 3.8) is 0 Å². The van der Waals surface area contributed by atoms with Gasteiger partial charge in [0.2, 0.25) is 5.91 Å². The third-order valence-corrected chi connectivity index (χ3v) is 3.36. The summed E-state index contributed by atoms with van der Waals surface area (Å²) in [6.45, 7) is 6.05. The Hall–Kier alpha value is -2.20. The van der Waals surface area contributed by atoms with Crippen LogP contribution in [0.3, 0.4) is 0 Å². The molecular weight excluding hydrogens is 312 g/mol. The molecule has 0 unspecified atom stereocenters. The number of nitrogens with one attached hydrogen (secondary N) is 2. The summed E-state index contributed by atoms with van der Waals surface area (Å²) in [5.74, 6) is 0.600. The number of halogens is 1. The lowest BCUT2D eigenvalue weighted by Gasteiger charge is -2.12. The van der Waals surface area contributed by atoms with Crippen LogP contribution in [0.5, 0.6) is 5.75 Å². The number of rotatable bonds is 6. The van der Waals surface area contributed by atoms with E-state index in [1.807, 2.05) is 57.2 Å². The van der Waals surface area contributed by atoms with Gasteiger partial charge >= 0.3 is 0 Å². The highest BCUT2D eigenvalue weighted by Gasteiger charge is 2.06. The maximum Gasteiger partial charge on any atom is 0.243 e. The average Bonchev–Trinajstić information content (AvgIpc) is 2.48. The lowest BCUT2D eigenvalue weighted by Crippen LogP contribution is -2.22. The van der Waals surface area contributed by atoms with E-state index in [0.717, 1.165) is 17.0 Å². The van der Waals surface area contributed by atoms with Crippen molar-refractivity contribution < 1.29 is 9.53 Å². The zero-order chi connectivity index (χ0) is 16.8. The van der Waals surface area contributed by atoms with Gasteiger partial charge in [-0.3, -0.25) is 4.79 Å². The second-order valence-corrected chi connectivity index (χ2v) is 5.99. The Morgan fingerprint density at radius 1 is 1.22 bits per heavy atom. The smallest absolute Gasteiger partial charge is 0.243 e. The van der Waals surface area contributed by atoms with Gasteiger partial charge in [0.25, 0.3) is 0 Å². The van der Waals surface area contributed by atoms with Crippen LogP contribution < -0.4 is 15.4 Å². The predicted molar refractivity (Wildman–Crippen MR) is 95.5 cm³/mol. The van der Waals surface area contributed by atoms with Gasteiger partial charge in [0.1, 0.15) is 5.75 Å². The Labute approximate surface area is 141 Å². The molecule has 2 N–H and O–H groups in total. The van der Waals surface area contributed by atoms with Crippen LogP contribution in [0.1, 0.15) is 19.4 Å². The van der Waals surface area contributed by atoms with Gasteiger partial charge in [0, 0.05) is 22.5 Å². The maximum absolute atomic E-state index is 12.1. The van der Waals surface area contributed by atoms with Crippen LogP contribution in [-0.4, -0.2) is 18.6 Å². The number of amides is 1. The van der Waals surface area contributed by atoms with Crippen molar-refractivity contribution in [2.24, 2.45) is 0 Å². The van der Waals surface area contributed by atoms with Gasteiger partial charge in [-0.05, 0) is 50.6 Å². The molecule has 0 saturated heterocycles. The van der Waals surface area contributed by atoms with E-state index in [9.17, 15) is 4.79 Å². The van der Waals surface area contributed by atoms with Gasteiger partial charge in [-0.25, -0.2) is 0 Å². The molecule has 0 aromatic heterocycles. The molecule has 1 amide bonds. The van der Waals surface area contributed by atoms with Crippen molar-refractivity contribution in [2.45, 2.75) is 26.9 Å². The second kappa shape index (κ2) is 7.88. The predicted octanol–water partition coefficient (Wildman–Crippen LogP) is 4.49. The fourth-order valence-corrected chi connectivity index (χ4v) is 2.26. The average molecular weight is 333 g/mol. The minimum Gasteiger partial charge on any atom is -0.491 e. The van der Waals surface area contributed by atoms with Crippen LogP contribution in [-0.2, 0) is 4.79 Å². The first kappa shape index (κ1) is 17.2. The largest absolute Gasteiger partial charge is 0.491 e. The number of hydrogen-bond donors (Lipinski definition) is 2. The molecule has 0 atom stereocenters. The summed E-state index contributed by atoms with van der Waals surface area (Å²) in [6.07, 6.45) is 0.0911. The lowest BCUT2D eigenvalue weighted by atomic mass is 10.2. The van der Waals surface area contributed by atoms with Crippen molar-refractivity contribution >= 4 is 28.9 Å². The monoisotopic (exact) mass is 332 g/mol. The summed E-state index contributed by atoms with van der Waals surface area (Å²) in [5, 5.41) is 6.57. The van der Waals surface area contributed by atoms with Crippen LogP contribution in [0.15, 0.2) is 42.5 Å². The van der Waals surface area contributed by atoms with Crippen LogP contribution in [0.4, 0.5) is 11.4 Å². The Kier molecular flexibility index (Phi) is 5.88. The van der Waals surface area contributed by atoms with Gasteiger partial charge in [0.05, 0.1) is 12.6 Å². The van der Waals surface area contributed by atoms with Crippen molar-refractivity contribution in [1.82, 2.24) is 0 Å². The lowest BCUT2D eigenvalue weighted by molar-refractivity contribution is -0.114. The number of carbonyl (C=O) groups excluding carboxylic acids is 1. The minimum absolute atomic E-state index is 0.0911. The van der Waals surface area contributed by atoms with Crippen LogP contribution >= 0.6 is 11.6 Å². The molecule has 0 aliphatic carbocycles. The molecule has 0 bridgehead atoms. The molecule has 0 fully saturated rings. The molecule has 2 aromatic rings.